The highest BCUT2D eigenvalue weighted by atomic mass is 19.4. The predicted molar refractivity (Wildman–Crippen MR) is 68.3 cm³/mol. The van der Waals surface area contributed by atoms with Gasteiger partial charge in [0.25, 0.3) is 0 Å². The lowest BCUT2D eigenvalue weighted by Gasteiger charge is -2.13. The minimum Gasteiger partial charge on any atom is -0.368 e. The van der Waals surface area contributed by atoms with Gasteiger partial charge >= 0.3 is 6.18 Å². The molecule has 106 valence electrons. The van der Waals surface area contributed by atoms with Crippen molar-refractivity contribution in [1.82, 2.24) is 15.0 Å². The first kappa shape index (κ1) is 14.0. The highest BCUT2D eigenvalue weighted by Gasteiger charge is 2.33. The van der Waals surface area contributed by atoms with E-state index in [1.807, 2.05) is 0 Å². The van der Waals surface area contributed by atoms with Gasteiger partial charge in [-0.3, -0.25) is 0 Å². The maximum Gasteiger partial charge on any atom is 0.419 e. The average molecular weight is 283 g/mol. The van der Waals surface area contributed by atoms with Crippen molar-refractivity contribution >= 4 is 11.8 Å². The van der Waals surface area contributed by atoms with Crippen molar-refractivity contribution in [1.29, 1.82) is 0 Å². The molecule has 0 atom stereocenters. The molecule has 0 aliphatic heterocycles. The molecule has 0 spiro atoms. The molecule has 0 aliphatic rings. The van der Waals surface area contributed by atoms with Crippen LogP contribution in [0.15, 0.2) is 36.8 Å². The molecule has 20 heavy (non-hydrogen) atoms. The van der Waals surface area contributed by atoms with E-state index < -0.39 is 11.7 Å². The van der Waals surface area contributed by atoms with Gasteiger partial charge in [-0.15, -0.1) is 0 Å². The highest BCUT2D eigenvalue weighted by molar-refractivity contribution is 5.45. The van der Waals surface area contributed by atoms with Gasteiger partial charge in [-0.1, -0.05) is 0 Å². The van der Waals surface area contributed by atoms with Gasteiger partial charge in [-0.2, -0.15) is 13.2 Å². The first-order valence-electron chi connectivity index (χ1n) is 5.84. The van der Waals surface area contributed by atoms with Crippen LogP contribution in [0, 0.1) is 0 Å². The Labute approximate surface area is 113 Å². The van der Waals surface area contributed by atoms with Gasteiger partial charge in [0, 0.05) is 31.7 Å². The highest BCUT2D eigenvalue weighted by Crippen LogP contribution is 2.33. The van der Waals surface area contributed by atoms with E-state index in [4.69, 9.17) is 0 Å². The van der Waals surface area contributed by atoms with Gasteiger partial charge in [-0.05, 0) is 18.2 Å². The van der Waals surface area contributed by atoms with Crippen LogP contribution in [0.3, 0.4) is 0 Å². The molecule has 0 amide bonds. The van der Waals surface area contributed by atoms with Gasteiger partial charge in [0.05, 0.1) is 5.56 Å². The van der Waals surface area contributed by atoms with Crippen molar-refractivity contribution < 1.29 is 13.2 Å². The lowest BCUT2D eigenvalue weighted by molar-refractivity contribution is -0.137. The lowest BCUT2D eigenvalue weighted by atomic mass is 10.2. The third-order valence-corrected chi connectivity index (χ3v) is 2.38. The van der Waals surface area contributed by atoms with E-state index in [1.165, 1.54) is 12.3 Å². The Bertz CT molecular complexity index is 544. The average Bonchev–Trinajstić information content (AvgIpc) is 2.44. The Morgan fingerprint density at radius 2 is 1.55 bits per heavy atom. The van der Waals surface area contributed by atoms with E-state index in [9.17, 15) is 13.2 Å². The van der Waals surface area contributed by atoms with Crippen LogP contribution >= 0.6 is 0 Å². The molecular formula is C12H12F3N5. The van der Waals surface area contributed by atoms with E-state index in [0.29, 0.717) is 12.5 Å². The SMILES string of the molecule is FC(F)(F)c1cccnc1NCCNc1ncccn1. The number of aromatic nitrogens is 3. The van der Waals surface area contributed by atoms with Gasteiger partial charge in [-0.25, -0.2) is 15.0 Å². The summed E-state index contributed by atoms with van der Waals surface area (Å²) in [5.41, 5.74) is -0.782. The number of hydrogen-bond donors (Lipinski definition) is 2. The lowest BCUT2D eigenvalue weighted by Crippen LogP contribution is -2.18. The Hall–Kier alpha value is -2.38. The van der Waals surface area contributed by atoms with Crippen molar-refractivity contribution in [2.24, 2.45) is 0 Å². The molecule has 0 unspecified atom stereocenters. The zero-order valence-corrected chi connectivity index (χ0v) is 10.4. The van der Waals surface area contributed by atoms with Crippen LogP contribution in [0.25, 0.3) is 0 Å². The summed E-state index contributed by atoms with van der Waals surface area (Å²) in [6, 6.07) is 3.92. The molecule has 8 heteroatoms. The van der Waals surface area contributed by atoms with Crippen LogP contribution in [-0.2, 0) is 6.18 Å². The minimum absolute atomic E-state index is 0.184. The molecule has 2 heterocycles. The molecule has 2 aromatic rings. The number of pyridine rings is 1. The molecule has 0 saturated heterocycles. The fourth-order valence-electron chi connectivity index (χ4n) is 1.52. The second kappa shape index (κ2) is 6.18. The summed E-state index contributed by atoms with van der Waals surface area (Å²) in [6.45, 7) is 0.635. The molecule has 0 aromatic carbocycles. The first-order valence-corrected chi connectivity index (χ1v) is 5.84. The summed E-state index contributed by atoms with van der Waals surface area (Å²) >= 11 is 0. The molecule has 2 rings (SSSR count). The Morgan fingerprint density at radius 3 is 2.25 bits per heavy atom. The number of nitrogens with one attached hydrogen (secondary N) is 2. The van der Waals surface area contributed by atoms with Crippen LogP contribution in [0.5, 0.6) is 0 Å². The maximum atomic E-state index is 12.7. The standard InChI is InChI=1S/C12H12F3N5/c13-12(14,15)9-3-1-4-16-10(9)17-7-8-20-11-18-5-2-6-19-11/h1-6H,7-8H2,(H,16,17)(H,18,19,20). The molecule has 2 N–H and O–H groups in total. The molecule has 0 aliphatic carbocycles. The Kier molecular flexibility index (Phi) is 4.34. The Morgan fingerprint density at radius 1 is 0.900 bits per heavy atom. The zero-order valence-electron chi connectivity index (χ0n) is 10.4. The number of rotatable bonds is 5. The van der Waals surface area contributed by atoms with Crippen LogP contribution in [0.2, 0.25) is 0 Å². The third-order valence-electron chi connectivity index (χ3n) is 2.38. The number of halogens is 3. The van der Waals surface area contributed by atoms with Crippen LogP contribution < -0.4 is 10.6 Å². The third kappa shape index (κ3) is 3.81. The molecule has 0 radical (unpaired) electrons. The van der Waals surface area contributed by atoms with Crippen LogP contribution in [-0.4, -0.2) is 28.0 Å². The zero-order chi connectivity index (χ0) is 14.4. The van der Waals surface area contributed by atoms with E-state index in [2.05, 4.69) is 25.6 Å². The largest absolute Gasteiger partial charge is 0.419 e. The fourth-order valence-corrected chi connectivity index (χ4v) is 1.52. The van der Waals surface area contributed by atoms with E-state index in [1.54, 1.807) is 18.5 Å². The van der Waals surface area contributed by atoms with E-state index in [-0.39, 0.29) is 12.4 Å². The summed E-state index contributed by atoms with van der Waals surface area (Å²) in [6.07, 6.45) is 0.0322. The molecule has 2 aromatic heterocycles. The molecule has 0 bridgehead atoms. The Balaban J connectivity index is 1.89. The van der Waals surface area contributed by atoms with Crippen molar-refractivity contribution in [3.8, 4) is 0 Å². The van der Waals surface area contributed by atoms with Crippen LogP contribution in [0.1, 0.15) is 5.56 Å². The van der Waals surface area contributed by atoms with Gasteiger partial charge < -0.3 is 10.6 Å². The van der Waals surface area contributed by atoms with Crippen molar-refractivity contribution in [3.63, 3.8) is 0 Å². The van der Waals surface area contributed by atoms with Gasteiger partial charge in [0.2, 0.25) is 5.95 Å². The number of alkyl halides is 3. The summed E-state index contributed by atoms with van der Waals surface area (Å²) < 4.78 is 38.1. The quantitative estimate of drug-likeness (QED) is 0.825. The summed E-state index contributed by atoms with van der Waals surface area (Å²) in [4.78, 5) is 11.6. The van der Waals surface area contributed by atoms with Crippen molar-refractivity contribution in [2.75, 3.05) is 23.7 Å². The smallest absolute Gasteiger partial charge is 0.368 e. The maximum absolute atomic E-state index is 12.7. The molecule has 5 nitrogen and oxygen atoms in total. The topological polar surface area (TPSA) is 62.7 Å². The van der Waals surface area contributed by atoms with E-state index in [0.717, 1.165) is 6.07 Å². The minimum atomic E-state index is -4.42. The predicted octanol–water partition coefficient (Wildman–Crippen LogP) is 2.41. The normalized spacial score (nSPS) is 11.2. The fraction of sp³-hybridized carbons (Fsp3) is 0.250. The second-order valence-electron chi connectivity index (χ2n) is 3.82. The summed E-state index contributed by atoms with van der Waals surface area (Å²) in [7, 11) is 0. The number of nitrogens with zero attached hydrogens (tertiary/aromatic N) is 3. The molecule has 0 fully saturated rings. The van der Waals surface area contributed by atoms with Crippen molar-refractivity contribution in [3.05, 3.63) is 42.4 Å². The summed E-state index contributed by atoms with van der Waals surface area (Å²) in [5, 5.41) is 5.52. The van der Waals surface area contributed by atoms with Crippen molar-refractivity contribution in [2.45, 2.75) is 6.18 Å². The molecule has 0 saturated carbocycles. The number of hydrogen-bond acceptors (Lipinski definition) is 5. The first-order chi connectivity index (χ1) is 9.57. The molecular weight excluding hydrogens is 271 g/mol. The number of anilines is 2. The second-order valence-corrected chi connectivity index (χ2v) is 3.82. The monoisotopic (exact) mass is 283 g/mol. The van der Waals surface area contributed by atoms with Crippen LogP contribution in [0.4, 0.5) is 24.9 Å². The van der Waals surface area contributed by atoms with E-state index >= 15 is 0 Å². The van der Waals surface area contributed by atoms with Gasteiger partial charge in [0.15, 0.2) is 0 Å². The summed E-state index contributed by atoms with van der Waals surface area (Å²) in [5.74, 6) is 0.238. The van der Waals surface area contributed by atoms with Gasteiger partial charge in [0.1, 0.15) is 5.82 Å².